The SMILES string of the molecule is CCCC.N.[HH]. The molecule has 0 heterocycles. The summed E-state index contributed by atoms with van der Waals surface area (Å²) in [6.45, 7) is 4.36. The minimum absolute atomic E-state index is 0. The van der Waals surface area contributed by atoms with Gasteiger partial charge in [0.2, 0.25) is 0 Å². The summed E-state index contributed by atoms with van der Waals surface area (Å²) in [4.78, 5) is 0. The van der Waals surface area contributed by atoms with Crippen molar-refractivity contribution in [1.82, 2.24) is 6.15 Å². The van der Waals surface area contributed by atoms with Crippen molar-refractivity contribution in [3.8, 4) is 0 Å². The zero-order valence-corrected chi connectivity index (χ0v) is 4.12. The summed E-state index contributed by atoms with van der Waals surface area (Å²) in [5, 5.41) is 0. The van der Waals surface area contributed by atoms with Crippen LogP contribution >= 0.6 is 0 Å². The summed E-state index contributed by atoms with van der Waals surface area (Å²) >= 11 is 0. The molecule has 5 heavy (non-hydrogen) atoms. The molecule has 0 rings (SSSR count). The van der Waals surface area contributed by atoms with Crippen LogP contribution in [0.5, 0.6) is 0 Å². The monoisotopic (exact) mass is 77.1 g/mol. The van der Waals surface area contributed by atoms with Crippen LogP contribution < -0.4 is 6.15 Å². The Hall–Kier alpha value is -0.0400. The summed E-state index contributed by atoms with van der Waals surface area (Å²) in [5.41, 5.74) is 0. The Morgan fingerprint density at radius 1 is 1.20 bits per heavy atom. The molecule has 3 N–H and O–H groups in total. The lowest BCUT2D eigenvalue weighted by Crippen LogP contribution is -1.47. The van der Waals surface area contributed by atoms with Gasteiger partial charge in [-0.2, -0.15) is 0 Å². The number of unbranched alkanes of at least 4 members (excludes halogenated alkanes) is 1. The fraction of sp³-hybridized carbons (Fsp3) is 1.00. The molecule has 0 aromatic heterocycles. The van der Waals surface area contributed by atoms with Crippen molar-refractivity contribution in [2.75, 3.05) is 0 Å². The van der Waals surface area contributed by atoms with E-state index in [1.54, 1.807) is 0 Å². The predicted molar refractivity (Wildman–Crippen MR) is 27.7 cm³/mol. The summed E-state index contributed by atoms with van der Waals surface area (Å²) < 4.78 is 0. The molecule has 0 aromatic rings. The molecule has 0 aliphatic rings. The fourth-order valence-electron chi connectivity index (χ4n) is 0. The highest BCUT2D eigenvalue weighted by Gasteiger charge is 1.56. The minimum atomic E-state index is 0. The van der Waals surface area contributed by atoms with Crippen LogP contribution in [-0.2, 0) is 0 Å². The van der Waals surface area contributed by atoms with Gasteiger partial charge in [-0.25, -0.2) is 0 Å². The summed E-state index contributed by atoms with van der Waals surface area (Å²) in [6, 6.07) is 0. The number of hydrogen-bond donors (Lipinski definition) is 1. The second-order valence-electron chi connectivity index (χ2n) is 1.000. The molecule has 0 unspecified atom stereocenters. The third-order valence-corrected chi connectivity index (χ3v) is 0.500. The van der Waals surface area contributed by atoms with Crippen LogP contribution in [0.3, 0.4) is 0 Å². The van der Waals surface area contributed by atoms with Gasteiger partial charge in [-0.1, -0.05) is 26.7 Å². The Labute approximate surface area is 35.5 Å². The van der Waals surface area contributed by atoms with E-state index in [2.05, 4.69) is 13.8 Å². The van der Waals surface area contributed by atoms with Gasteiger partial charge in [0.1, 0.15) is 0 Å². The van der Waals surface area contributed by atoms with Gasteiger partial charge in [0.25, 0.3) is 0 Å². The van der Waals surface area contributed by atoms with E-state index in [9.17, 15) is 0 Å². The van der Waals surface area contributed by atoms with Crippen molar-refractivity contribution in [3.05, 3.63) is 0 Å². The van der Waals surface area contributed by atoms with Crippen molar-refractivity contribution in [1.29, 1.82) is 0 Å². The van der Waals surface area contributed by atoms with Gasteiger partial charge in [-0.15, -0.1) is 0 Å². The lowest BCUT2D eigenvalue weighted by atomic mass is 10.4. The molecule has 0 aromatic carbocycles. The van der Waals surface area contributed by atoms with E-state index in [0.29, 0.717) is 0 Å². The first-order valence-corrected chi connectivity index (χ1v) is 1.91. The molecule has 0 fully saturated rings. The first kappa shape index (κ1) is 8.88. The first-order chi connectivity index (χ1) is 1.91. The summed E-state index contributed by atoms with van der Waals surface area (Å²) in [6.07, 6.45) is 2.64. The van der Waals surface area contributed by atoms with Gasteiger partial charge in [0, 0.05) is 1.43 Å². The van der Waals surface area contributed by atoms with Crippen LogP contribution in [0.2, 0.25) is 0 Å². The minimum Gasteiger partial charge on any atom is -0.344 e. The van der Waals surface area contributed by atoms with Crippen molar-refractivity contribution < 1.29 is 1.43 Å². The highest BCUT2D eigenvalue weighted by Crippen LogP contribution is 1.76. The predicted octanol–water partition coefficient (Wildman–Crippen LogP) is 2.21. The number of hydrogen-bond acceptors (Lipinski definition) is 1. The summed E-state index contributed by atoms with van der Waals surface area (Å²) in [7, 11) is 0. The smallest absolute Gasteiger partial charge is 0 e. The van der Waals surface area contributed by atoms with Crippen LogP contribution in [-0.4, -0.2) is 0 Å². The first-order valence-electron chi connectivity index (χ1n) is 1.91. The normalized spacial score (nSPS) is 6.00. The molecule has 0 aliphatic heterocycles. The Bertz CT molecular complexity index is 9.51. The maximum Gasteiger partial charge on any atom is 0 e. The van der Waals surface area contributed by atoms with Crippen LogP contribution in [0.1, 0.15) is 28.1 Å². The lowest BCUT2D eigenvalue weighted by molar-refractivity contribution is 0.886. The maximum absolute atomic E-state index is 2.18. The van der Waals surface area contributed by atoms with E-state index in [4.69, 9.17) is 0 Å². The molecule has 1 heteroatoms. The molecule has 0 radical (unpaired) electrons. The van der Waals surface area contributed by atoms with E-state index in [0.717, 1.165) is 0 Å². The molecule has 0 amide bonds. The second kappa shape index (κ2) is 9.03. The Balaban J connectivity index is -0.0000000450. The van der Waals surface area contributed by atoms with Crippen LogP contribution in [0.4, 0.5) is 0 Å². The van der Waals surface area contributed by atoms with Gasteiger partial charge < -0.3 is 6.15 Å². The van der Waals surface area contributed by atoms with Crippen LogP contribution in [0, 0.1) is 0 Å². The standard InChI is InChI=1S/C4H10.H3N.H2/c1-3-4-2;;/h3-4H2,1-2H3;1H3;1H. The molecule has 1 nitrogen and oxygen atoms in total. The lowest BCUT2D eigenvalue weighted by Gasteiger charge is -1.68. The highest BCUT2D eigenvalue weighted by molar-refractivity contribution is 4.12. The molecule has 0 saturated carbocycles. The zero-order valence-electron chi connectivity index (χ0n) is 4.12. The largest absolute Gasteiger partial charge is 0.344 e. The van der Waals surface area contributed by atoms with E-state index in [-0.39, 0.29) is 7.58 Å². The quantitative estimate of drug-likeness (QED) is 0.511. The third kappa shape index (κ3) is 16.5. The molecule has 0 aliphatic carbocycles. The van der Waals surface area contributed by atoms with Gasteiger partial charge in [-0.3, -0.25) is 0 Å². The van der Waals surface area contributed by atoms with E-state index < -0.39 is 0 Å². The number of rotatable bonds is 1. The van der Waals surface area contributed by atoms with Gasteiger partial charge in [0.15, 0.2) is 0 Å². The van der Waals surface area contributed by atoms with Crippen LogP contribution in [0.25, 0.3) is 0 Å². The van der Waals surface area contributed by atoms with Crippen molar-refractivity contribution in [2.45, 2.75) is 26.7 Å². The highest BCUT2D eigenvalue weighted by atomic mass is 14.0. The van der Waals surface area contributed by atoms with E-state index in [1.807, 2.05) is 0 Å². The molecule has 0 spiro atoms. The molecule has 36 valence electrons. The third-order valence-electron chi connectivity index (χ3n) is 0.500. The van der Waals surface area contributed by atoms with Crippen molar-refractivity contribution in [2.24, 2.45) is 0 Å². The maximum atomic E-state index is 2.18. The van der Waals surface area contributed by atoms with E-state index in [1.165, 1.54) is 12.8 Å². The average molecular weight is 77.2 g/mol. The Kier molecular flexibility index (Phi) is 16.0. The van der Waals surface area contributed by atoms with Crippen molar-refractivity contribution in [3.63, 3.8) is 0 Å². The summed E-state index contributed by atoms with van der Waals surface area (Å²) in [5.74, 6) is 0. The van der Waals surface area contributed by atoms with E-state index >= 15 is 0 Å². The fourth-order valence-corrected chi connectivity index (χ4v) is 0. The molecular formula is C4H15N. The average Bonchev–Trinajstić information content (AvgIpc) is 1.37. The molecule has 0 atom stereocenters. The molecular weight excluding hydrogens is 62.1 g/mol. The Morgan fingerprint density at radius 2 is 1.40 bits per heavy atom. The molecule has 0 bridgehead atoms. The zero-order chi connectivity index (χ0) is 3.41. The molecule has 0 saturated heterocycles. The van der Waals surface area contributed by atoms with Crippen molar-refractivity contribution >= 4 is 0 Å². The topological polar surface area (TPSA) is 35.0 Å². The Morgan fingerprint density at radius 3 is 1.40 bits per heavy atom. The van der Waals surface area contributed by atoms with Gasteiger partial charge in [0.05, 0.1) is 0 Å². The second-order valence-corrected chi connectivity index (χ2v) is 1.000. The van der Waals surface area contributed by atoms with Gasteiger partial charge >= 0.3 is 0 Å². The van der Waals surface area contributed by atoms with Gasteiger partial charge in [-0.05, 0) is 0 Å². The van der Waals surface area contributed by atoms with Crippen LogP contribution in [0.15, 0.2) is 0 Å².